The van der Waals surface area contributed by atoms with Crippen LogP contribution in [0, 0.1) is 24.2 Å². The summed E-state index contributed by atoms with van der Waals surface area (Å²) in [5.41, 5.74) is 7.33. The highest BCUT2D eigenvalue weighted by molar-refractivity contribution is 5.50. The molecule has 0 aliphatic heterocycles. The highest BCUT2D eigenvalue weighted by Gasteiger charge is 2.47. The van der Waals surface area contributed by atoms with Crippen LogP contribution < -0.4 is 0 Å². The minimum atomic E-state index is -0.0291. The maximum Gasteiger partial charge on any atom is 0.119 e. The maximum absolute atomic E-state index is 10.1. The number of allylic oxidation sites excluding steroid dienone is 3. The predicted molar refractivity (Wildman–Crippen MR) is 137 cm³/mol. The van der Waals surface area contributed by atoms with E-state index in [9.17, 15) is 5.11 Å². The molecule has 0 unspecified atom stereocenters. The van der Waals surface area contributed by atoms with Crippen molar-refractivity contribution in [3.05, 3.63) is 52.6 Å². The van der Waals surface area contributed by atoms with E-state index in [2.05, 4.69) is 81.9 Å². The van der Waals surface area contributed by atoms with Gasteiger partial charge in [-0.2, -0.15) is 0 Å². The first-order valence-corrected chi connectivity index (χ1v) is 12.2. The maximum atomic E-state index is 10.1. The Hall–Kier alpha value is -1.50. The molecule has 1 nitrogen and oxygen atoms in total. The molecule has 1 aromatic rings. The Morgan fingerprint density at radius 3 is 2.00 bits per heavy atom. The lowest BCUT2D eigenvalue weighted by molar-refractivity contribution is 0.00384. The third-order valence-electron chi connectivity index (χ3n) is 7.46. The number of hydrogen-bond donors (Lipinski definition) is 1. The first kappa shape index (κ1) is 25.8. The van der Waals surface area contributed by atoms with Crippen molar-refractivity contribution in [3.63, 3.8) is 0 Å². The van der Waals surface area contributed by atoms with Gasteiger partial charge in [-0.05, 0) is 91.2 Å². The third kappa shape index (κ3) is 6.05. The smallest absolute Gasteiger partial charge is 0.119 e. The zero-order valence-electron chi connectivity index (χ0n) is 22.1. The molecule has 1 N–H and O–H groups in total. The van der Waals surface area contributed by atoms with E-state index in [1.807, 2.05) is 12.1 Å². The fraction of sp³-hybridized carbons (Fsp3) is 0.667. The van der Waals surface area contributed by atoms with Crippen LogP contribution in [0.25, 0.3) is 0 Å². The first-order chi connectivity index (χ1) is 14.1. The molecule has 0 heterocycles. The van der Waals surface area contributed by atoms with Gasteiger partial charge in [-0.3, -0.25) is 0 Å². The van der Waals surface area contributed by atoms with Gasteiger partial charge in [-0.15, -0.1) is 0 Å². The zero-order chi connectivity index (χ0) is 23.8. The van der Waals surface area contributed by atoms with Crippen LogP contribution in [0.5, 0.6) is 5.75 Å². The van der Waals surface area contributed by atoms with Crippen LogP contribution in [0.15, 0.2) is 35.9 Å². The van der Waals surface area contributed by atoms with Crippen LogP contribution >= 0.6 is 0 Å². The van der Waals surface area contributed by atoms with E-state index in [0.29, 0.717) is 11.2 Å². The molecule has 0 spiro atoms. The molecule has 0 bridgehead atoms. The van der Waals surface area contributed by atoms with Gasteiger partial charge in [-0.25, -0.2) is 0 Å². The molecule has 2 aliphatic rings. The minimum Gasteiger partial charge on any atom is -0.508 e. The fourth-order valence-corrected chi connectivity index (χ4v) is 5.86. The molecule has 0 radical (unpaired) electrons. The molecule has 2 atom stereocenters. The Bertz CT molecular complexity index is 784. The normalized spacial score (nSPS) is 25.5. The van der Waals surface area contributed by atoms with Gasteiger partial charge in [0.05, 0.1) is 0 Å². The van der Waals surface area contributed by atoms with Gasteiger partial charge in [0.15, 0.2) is 0 Å². The van der Waals surface area contributed by atoms with Crippen molar-refractivity contribution in [1.82, 2.24) is 0 Å². The van der Waals surface area contributed by atoms with Crippen LogP contribution in [0.3, 0.4) is 0 Å². The van der Waals surface area contributed by atoms with E-state index in [4.69, 9.17) is 0 Å². The quantitative estimate of drug-likeness (QED) is 0.412. The summed E-state index contributed by atoms with van der Waals surface area (Å²) in [7, 11) is 0. The summed E-state index contributed by atoms with van der Waals surface area (Å²) < 4.78 is 0. The second-order valence-corrected chi connectivity index (χ2v) is 12.8. The van der Waals surface area contributed by atoms with Gasteiger partial charge in [0, 0.05) is 5.56 Å². The second kappa shape index (κ2) is 9.16. The predicted octanol–water partition coefficient (Wildman–Crippen LogP) is 9.02. The molecule has 0 aromatic heterocycles. The van der Waals surface area contributed by atoms with E-state index in [1.165, 1.54) is 48.8 Å². The molecule has 3 rings (SSSR count). The number of hydrogen-bond acceptors (Lipinski definition) is 1. The molecule has 1 fully saturated rings. The van der Waals surface area contributed by atoms with Crippen LogP contribution in [0.4, 0.5) is 0 Å². The van der Waals surface area contributed by atoms with Gasteiger partial charge in [-0.1, -0.05) is 85.3 Å². The highest BCUT2D eigenvalue weighted by atomic mass is 16.3. The molecule has 0 amide bonds. The first-order valence-electron chi connectivity index (χ1n) is 12.2. The molecular formula is C30H48O. The van der Waals surface area contributed by atoms with E-state index in [1.54, 1.807) is 5.57 Å². The van der Waals surface area contributed by atoms with Crippen molar-refractivity contribution in [2.45, 2.75) is 112 Å². The number of rotatable bonds is 0. The van der Waals surface area contributed by atoms with Crippen LogP contribution in [-0.4, -0.2) is 5.11 Å². The van der Waals surface area contributed by atoms with Gasteiger partial charge in [0.25, 0.3) is 0 Å². The Balaban J connectivity index is 0.000000220. The van der Waals surface area contributed by atoms with Crippen molar-refractivity contribution in [2.24, 2.45) is 17.3 Å². The fourth-order valence-electron chi connectivity index (χ4n) is 5.86. The molecule has 1 aromatic carbocycles. The largest absolute Gasteiger partial charge is 0.508 e. The standard InChI is InChI=1S/C15H24O.C15H24/c1-10-8-9-11(16)13(15(5,6)7)12(10)14(2,3)4;1-11-6-5-7-12(2)13-10-15(3,4)14(13)9-8-11/h8-9,16H,1-7H3;6,13-14H,2,5,7-10H2,1,3-4H3/b;11-6+/t;13-,14-/m.1/s1. The average Bonchev–Trinajstić information content (AvgIpc) is 2.65. The van der Waals surface area contributed by atoms with Crippen molar-refractivity contribution in [3.8, 4) is 5.75 Å². The van der Waals surface area contributed by atoms with E-state index in [0.717, 1.165) is 17.4 Å². The van der Waals surface area contributed by atoms with Crippen LogP contribution in [0.2, 0.25) is 0 Å². The van der Waals surface area contributed by atoms with Crippen molar-refractivity contribution < 1.29 is 5.11 Å². The number of aromatic hydroxyl groups is 1. The number of phenols is 1. The molecule has 0 saturated heterocycles. The number of fused-ring (bicyclic) bond motifs is 1. The summed E-state index contributed by atoms with van der Waals surface area (Å²) in [5.74, 6) is 2.15. The van der Waals surface area contributed by atoms with Crippen LogP contribution in [0.1, 0.15) is 111 Å². The SMILES string of the molecule is C=C1CC/C=C(\C)CC[C@@H]2[C@@H]1CC2(C)C.Cc1ccc(O)c(C(C)(C)C)c1C(C)(C)C. The lowest BCUT2D eigenvalue weighted by Gasteiger charge is -2.53. The Kier molecular flexibility index (Phi) is 7.61. The molecule has 31 heavy (non-hydrogen) atoms. The number of benzene rings is 1. The summed E-state index contributed by atoms with van der Waals surface area (Å²) in [4.78, 5) is 0. The Labute approximate surface area is 193 Å². The Morgan fingerprint density at radius 1 is 0.935 bits per heavy atom. The van der Waals surface area contributed by atoms with E-state index in [-0.39, 0.29) is 10.8 Å². The van der Waals surface area contributed by atoms with Crippen molar-refractivity contribution in [2.75, 3.05) is 0 Å². The zero-order valence-corrected chi connectivity index (χ0v) is 22.1. The summed E-state index contributed by atoms with van der Waals surface area (Å²) in [5, 5.41) is 10.1. The lowest BCUT2D eigenvalue weighted by Crippen LogP contribution is -2.44. The molecule has 174 valence electrons. The van der Waals surface area contributed by atoms with Gasteiger partial charge >= 0.3 is 0 Å². The van der Waals surface area contributed by atoms with Gasteiger partial charge in [0.2, 0.25) is 0 Å². The minimum absolute atomic E-state index is 0.0291. The monoisotopic (exact) mass is 424 g/mol. The highest BCUT2D eigenvalue weighted by Crippen LogP contribution is 2.56. The number of phenolic OH excluding ortho intramolecular Hbond substituents is 1. The summed E-state index contributed by atoms with van der Waals surface area (Å²) in [6, 6.07) is 3.82. The second-order valence-electron chi connectivity index (χ2n) is 12.8. The summed E-state index contributed by atoms with van der Waals surface area (Å²) >= 11 is 0. The van der Waals surface area contributed by atoms with Crippen molar-refractivity contribution in [1.29, 1.82) is 0 Å². The molecule has 1 heteroatoms. The van der Waals surface area contributed by atoms with Crippen molar-refractivity contribution >= 4 is 0 Å². The molecule has 2 aliphatic carbocycles. The topological polar surface area (TPSA) is 20.2 Å². The van der Waals surface area contributed by atoms with Crippen LogP contribution in [-0.2, 0) is 10.8 Å². The van der Waals surface area contributed by atoms with Gasteiger partial charge in [0.1, 0.15) is 5.75 Å². The van der Waals surface area contributed by atoms with E-state index < -0.39 is 0 Å². The molecule has 1 saturated carbocycles. The summed E-state index contributed by atoms with van der Waals surface area (Å²) in [6.07, 6.45) is 8.90. The Morgan fingerprint density at radius 2 is 1.52 bits per heavy atom. The molecular weight excluding hydrogens is 376 g/mol. The third-order valence-corrected chi connectivity index (χ3v) is 7.46. The number of aryl methyl sites for hydroxylation is 1. The average molecular weight is 425 g/mol. The lowest BCUT2D eigenvalue weighted by atomic mass is 9.52. The summed E-state index contributed by atoms with van der Waals surface area (Å²) in [6.45, 7) is 26.6. The van der Waals surface area contributed by atoms with Gasteiger partial charge < -0.3 is 5.11 Å². The van der Waals surface area contributed by atoms with E-state index >= 15 is 0 Å².